The zero-order valence-electron chi connectivity index (χ0n) is 16.1. The number of fused-ring (bicyclic) bond motifs is 1. The Morgan fingerprint density at radius 2 is 1.90 bits per heavy atom. The number of carbonyl (C=O) groups excluding carboxylic acids is 2. The maximum Gasteiger partial charge on any atom is 0.416 e. The second-order valence-electron chi connectivity index (χ2n) is 7.23. The first-order valence-electron chi connectivity index (χ1n) is 9.21. The summed E-state index contributed by atoms with van der Waals surface area (Å²) in [7, 11) is 0. The summed E-state index contributed by atoms with van der Waals surface area (Å²) in [5.74, 6) is -2.91. The minimum atomic E-state index is -4.51. The van der Waals surface area contributed by atoms with E-state index in [1.807, 2.05) is 0 Å². The van der Waals surface area contributed by atoms with Crippen LogP contribution in [0.4, 0.5) is 23.2 Å². The number of halogens is 4. The summed E-state index contributed by atoms with van der Waals surface area (Å²) in [5.41, 5.74) is 5.56. The number of hydrogen-bond donors (Lipinski definition) is 2. The smallest absolute Gasteiger partial charge is 0.366 e. The van der Waals surface area contributed by atoms with Crippen LogP contribution >= 0.6 is 0 Å². The Morgan fingerprint density at radius 1 is 1.23 bits per heavy atom. The zero-order chi connectivity index (χ0) is 22.5. The van der Waals surface area contributed by atoms with Crippen molar-refractivity contribution in [1.29, 1.82) is 0 Å². The topological polar surface area (TPSA) is 92.1 Å². The van der Waals surface area contributed by atoms with Gasteiger partial charge in [0.2, 0.25) is 11.8 Å². The van der Waals surface area contributed by atoms with E-state index in [-0.39, 0.29) is 23.4 Å². The molecule has 3 N–H and O–H groups in total. The molecule has 0 unspecified atom stereocenters. The molecule has 1 aromatic heterocycles. The number of H-pyrrole nitrogens is 1. The number of amides is 2. The third-order valence-electron chi connectivity index (χ3n) is 5.36. The number of benzene rings is 2. The number of anilines is 1. The van der Waals surface area contributed by atoms with Crippen LogP contribution in [0, 0.1) is 5.82 Å². The molecule has 31 heavy (non-hydrogen) atoms. The summed E-state index contributed by atoms with van der Waals surface area (Å²) in [6.07, 6.45) is -3.31. The lowest BCUT2D eigenvalue weighted by Crippen LogP contribution is -2.40. The second-order valence-corrected chi connectivity index (χ2v) is 7.23. The predicted octanol–water partition coefficient (Wildman–Crippen LogP) is 4.00. The number of hydrogen-bond acceptors (Lipinski definition) is 3. The number of allylic oxidation sites excluding steroid dienone is 1. The van der Waals surface area contributed by atoms with Crippen molar-refractivity contribution < 1.29 is 27.2 Å². The van der Waals surface area contributed by atoms with Crippen molar-refractivity contribution in [3.8, 4) is 0 Å². The van der Waals surface area contributed by atoms with Crippen molar-refractivity contribution in [2.45, 2.75) is 25.4 Å². The summed E-state index contributed by atoms with van der Waals surface area (Å²) in [6.45, 7) is 1.45. The van der Waals surface area contributed by atoms with Crippen molar-refractivity contribution in [2.75, 3.05) is 4.90 Å². The molecule has 1 atom stereocenters. The molecule has 0 spiro atoms. The van der Waals surface area contributed by atoms with Crippen LogP contribution in [0.1, 0.15) is 30.4 Å². The molecular weight excluding hydrogens is 416 g/mol. The molecule has 2 aromatic carbocycles. The van der Waals surface area contributed by atoms with E-state index < -0.39 is 35.3 Å². The van der Waals surface area contributed by atoms with Gasteiger partial charge < -0.3 is 5.73 Å². The maximum absolute atomic E-state index is 14.7. The van der Waals surface area contributed by atoms with Crippen molar-refractivity contribution >= 4 is 28.4 Å². The normalized spacial score (nSPS) is 17.5. The Morgan fingerprint density at radius 3 is 2.52 bits per heavy atom. The highest BCUT2D eigenvalue weighted by Gasteiger charge is 2.37. The molecule has 160 valence electrons. The average Bonchev–Trinajstić information content (AvgIpc) is 3.13. The lowest BCUT2D eigenvalue weighted by Gasteiger charge is -2.34. The second kappa shape index (κ2) is 7.22. The van der Waals surface area contributed by atoms with Gasteiger partial charge in [0.25, 0.3) is 0 Å². The number of carbonyl (C=O) groups is 2. The number of nitrogens with one attached hydrogen (secondary N) is 1. The van der Waals surface area contributed by atoms with Gasteiger partial charge in [-0.3, -0.25) is 19.6 Å². The highest BCUT2D eigenvalue weighted by molar-refractivity contribution is 6.06. The highest BCUT2D eigenvalue weighted by atomic mass is 19.4. The lowest BCUT2D eigenvalue weighted by molar-refractivity contribution is -0.137. The Bertz CT molecular complexity index is 1230. The van der Waals surface area contributed by atoms with Crippen LogP contribution in [0.3, 0.4) is 0 Å². The standard InChI is InChI=1S/C21H16F4N4O2/c1-10-19(20(26)31)14(11-2-4-13(5-3-11)21(23,24)25)7-18(30)29(10)17-6-12-9-27-28-16(12)8-15(17)22/h2-6,8-9,14H,7H2,1H3,(H2,26,31)(H,27,28)/t14-/m0/s1. The monoisotopic (exact) mass is 432 g/mol. The molecule has 2 amide bonds. The van der Waals surface area contributed by atoms with Gasteiger partial charge in [-0.05, 0) is 30.7 Å². The maximum atomic E-state index is 14.7. The van der Waals surface area contributed by atoms with Crippen LogP contribution in [0.2, 0.25) is 0 Å². The van der Waals surface area contributed by atoms with Crippen LogP contribution in [0.25, 0.3) is 10.9 Å². The van der Waals surface area contributed by atoms with Gasteiger partial charge >= 0.3 is 6.18 Å². The molecule has 0 saturated heterocycles. The predicted molar refractivity (Wildman–Crippen MR) is 104 cm³/mol. The Hall–Kier alpha value is -3.69. The molecule has 0 bridgehead atoms. The lowest BCUT2D eigenvalue weighted by atomic mass is 9.83. The van der Waals surface area contributed by atoms with Gasteiger partial charge in [0.05, 0.1) is 23.0 Å². The van der Waals surface area contributed by atoms with Crippen molar-refractivity contribution in [3.63, 3.8) is 0 Å². The van der Waals surface area contributed by atoms with Gasteiger partial charge in [0.1, 0.15) is 5.82 Å². The van der Waals surface area contributed by atoms with E-state index in [0.29, 0.717) is 16.5 Å². The van der Waals surface area contributed by atoms with E-state index in [1.54, 1.807) is 0 Å². The molecule has 0 radical (unpaired) electrons. The molecule has 10 heteroatoms. The average molecular weight is 432 g/mol. The summed E-state index contributed by atoms with van der Waals surface area (Å²) < 4.78 is 53.4. The van der Waals surface area contributed by atoms with E-state index in [4.69, 9.17) is 5.73 Å². The number of aromatic nitrogens is 2. The number of nitrogens with zero attached hydrogens (tertiary/aromatic N) is 2. The minimum absolute atomic E-state index is 0.0334. The zero-order valence-corrected chi connectivity index (χ0v) is 16.1. The first-order valence-corrected chi connectivity index (χ1v) is 9.21. The minimum Gasteiger partial charge on any atom is -0.366 e. The third-order valence-corrected chi connectivity index (χ3v) is 5.36. The first-order chi connectivity index (χ1) is 14.6. The van der Waals surface area contributed by atoms with Gasteiger partial charge in [-0.15, -0.1) is 0 Å². The number of primary amides is 1. The molecule has 1 aliphatic heterocycles. The van der Waals surface area contributed by atoms with Crippen LogP contribution in [-0.2, 0) is 15.8 Å². The highest BCUT2D eigenvalue weighted by Crippen LogP contribution is 2.40. The van der Waals surface area contributed by atoms with E-state index in [1.165, 1.54) is 37.4 Å². The van der Waals surface area contributed by atoms with E-state index in [2.05, 4.69) is 10.2 Å². The van der Waals surface area contributed by atoms with E-state index in [9.17, 15) is 27.2 Å². The quantitative estimate of drug-likeness (QED) is 0.613. The molecule has 4 rings (SSSR count). The Labute approximate surface area is 173 Å². The van der Waals surface area contributed by atoms with Gasteiger partial charge in [-0.2, -0.15) is 18.3 Å². The number of aromatic amines is 1. The summed E-state index contributed by atoms with van der Waals surface area (Å²) in [6, 6.07) is 6.80. The fourth-order valence-electron chi connectivity index (χ4n) is 3.91. The molecule has 1 aliphatic rings. The van der Waals surface area contributed by atoms with Crippen LogP contribution in [0.5, 0.6) is 0 Å². The first kappa shape index (κ1) is 20.6. The Kier molecular flexibility index (Phi) is 4.79. The number of nitrogens with two attached hydrogens (primary N) is 1. The largest absolute Gasteiger partial charge is 0.416 e. The third kappa shape index (κ3) is 3.54. The van der Waals surface area contributed by atoms with Crippen LogP contribution in [-0.4, -0.2) is 22.0 Å². The molecular formula is C21H16F4N4O2. The van der Waals surface area contributed by atoms with Crippen molar-refractivity contribution in [2.24, 2.45) is 5.73 Å². The molecule has 0 saturated carbocycles. The molecule has 3 aromatic rings. The van der Waals surface area contributed by atoms with Gasteiger partial charge in [0, 0.05) is 35.1 Å². The number of alkyl halides is 3. The Balaban J connectivity index is 1.81. The molecule has 0 fully saturated rings. The van der Waals surface area contributed by atoms with Gasteiger partial charge in [0.15, 0.2) is 0 Å². The summed E-state index contributed by atoms with van der Waals surface area (Å²) in [4.78, 5) is 26.3. The van der Waals surface area contributed by atoms with Crippen molar-refractivity contribution in [3.05, 3.63) is 70.8 Å². The summed E-state index contributed by atoms with van der Waals surface area (Å²) in [5, 5.41) is 7.01. The molecule has 2 heterocycles. The fourth-order valence-corrected chi connectivity index (χ4v) is 3.91. The molecule has 6 nitrogen and oxygen atoms in total. The summed E-state index contributed by atoms with van der Waals surface area (Å²) >= 11 is 0. The van der Waals surface area contributed by atoms with Crippen molar-refractivity contribution in [1.82, 2.24) is 10.2 Å². The number of rotatable bonds is 3. The molecule has 0 aliphatic carbocycles. The van der Waals surface area contributed by atoms with Crippen LogP contribution in [0.15, 0.2) is 53.9 Å². The van der Waals surface area contributed by atoms with E-state index >= 15 is 0 Å². The van der Waals surface area contributed by atoms with Gasteiger partial charge in [-0.25, -0.2) is 4.39 Å². The fraction of sp³-hybridized carbons (Fsp3) is 0.190. The SMILES string of the molecule is CC1=C(C(N)=O)[C@H](c2ccc(C(F)(F)F)cc2)CC(=O)N1c1cc2cn[nH]c2cc1F. The van der Waals surface area contributed by atoms with Gasteiger partial charge in [-0.1, -0.05) is 12.1 Å². The van der Waals surface area contributed by atoms with Crippen LogP contribution < -0.4 is 10.6 Å². The van der Waals surface area contributed by atoms with E-state index in [0.717, 1.165) is 17.0 Å².